The van der Waals surface area contributed by atoms with E-state index >= 15 is 0 Å². The topological polar surface area (TPSA) is 71.3 Å². The molecule has 1 aliphatic rings. The molecule has 1 aromatic heterocycles. The van der Waals surface area contributed by atoms with Gasteiger partial charge in [0.2, 0.25) is 5.91 Å². The molecular formula is C19H26N4O2. The van der Waals surface area contributed by atoms with Crippen LogP contribution in [0.15, 0.2) is 34.9 Å². The molecule has 0 radical (unpaired) electrons. The number of aromatic nitrogens is 2. The van der Waals surface area contributed by atoms with Crippen molar-refractivity contribution in [3.8, 4) is 11.5 Å². The predicted molar refractivity (Wildman–Crippen MR) is 95.9 cm³/mol. The van der Waals surface area contributed by atoms with Crippen molar-refractivity contribution in [1.29, 1.82) is 0 Å². The second-order valence-corrected chi connectivity index (χ2v) is 6.92. The van der Waals surface area contributed by atoms with E-state index < -0.39 is 0 Å². The lowest BCUT2D eigenvalue weighted by atomic mass is 9.81. The van der Waals surface area contributed by atoms with Crippen molar-refractivity contribution in [3.63, 3.8) is 0 Å². The third-order valence-electron chi connectivity index (χ3n) is 4.89. The molecule has 1 atom stereocenters. The van der Waals surface area contributed by atoms with Gasteiger partial charge in [0.15, 0.2) is 5.82 Å². The molecule has 1 N–H and O–H groups in total. The Hall–Kier alpha value is -2.21. The van der Waals surface area contributed by atoms with Crippen LogP contribution < -0.4 is 5.32 Å². The molecule has 3 rings (SSSR count). The summed E-state index contributed by atoms with van der Waals surface area (Å²) in [5.74, 6) is 1.25. The summed E-state index contributed by atoms with van der Waals surface area (Å²) in [5, 5.41) is 7.05. The summed E-state index contributed by atoms with van der Waals surface area (Å²) in [7, 11) is 0. The molecule has 0 aliphatic carbocycles. The van der Waals surface area contributed by atoms with Crippen LogP contribution in [0.3, 0.4) is 0 Å². The van der Waals surface area contributed by atoms with Gasteiger partial charge < -0.3 is 14.7 Å². The van der Waals surface area contributed by atoms with Crippen molar-refractivity contribution in [1.82, 2.24) is 20.4 Å². The zero-order chi connectivity index (χ0) is 17.7. The number of likely N-dealkylation sites (tertiary alicyclic amines) is 1. The Labute approximate surface area is 148 Å². The lowest BCUT2D eigenvalue weighted by Crippen LogP contribution is -2.50. The Bertz CT molecular complexity index is 700. The molecule has 1 aliphatic heterocycles. The number of piperidine rings is 1. The van der Waals surface area contributed by atoms with Crippen LogP contribution in [-0.2, 0) is 11.2 Å². The van der Waals surface area contributed by atoms with E-state index in [-0.39, 0.29) is 11.3 Å². The van der Waals surface area contributed by atoms with Gasteiger partial charge in [-0.25, -0.2) is 0 Å². The maximum absolute atomic E-state index is 12.6. The van der Waals surface area contributed by atoms with Crippen LogP contribution in [0.25, 0.3) is 11.5 Å². The zero-order valence-corrected chi connectivity index (χ0v) is 15.0. The van der Waals surface area contributed by atoms with Crippen LogP contribution in [0.4, 0.5) is 0 Å². The van der Waals surface area contributed by atoms with Crippen LogP contribution in [-0.4, -0.2) is 47.1 Å². The van der Waals surface area contributed by atoms with Crippen molar-refractivity contribution in [2.45, 2.75) is 33.1 Å². The van der Waals surface area contributed by atoms with Crippen molar-refractivity contribution in [2.24, 2.45) is 5.41 Å². The SMILES string of the molecule is CCN1CCC[C@](C)(C(=O)NCCc2noc(-c3ccccc3)n2)C1. The van der Waals surface area contributed by atoms with Crippen molar-refractivity contribution in [3.05, 3.63) is 36.2 Å². The third-order valence-corrected chi connectivity index (χ3v) is 4.89. The van der Waals surface area contributed by atoms with Crippen LogP contribution in [0, 0.1) is 5.41 Å². The minimum atomic E-state index is -0.305. The maximum atomic E-state index is 12.6. The van der Waals surface area contributed by atoms with Gasteiger partial charge in [-0.1, -0.05) is 30.3 Å². The first-order valence-corrected chi connectivity index (χ1v) is 8.99. The molecule has 0 saturated carbocycles. The highest BCUT2D eigenvalue weighted by Crippen LogP contribution is 2.29. The van der Waals surface area contributed by atoms with Gasteiger partial charge >= 0.3 is 0 Å². The second-order valence-electron chi connectivity index (χ2n) is 6.92. The van der Waals surface area contributed by atoms with E-state index in [1.54, 1.807) is 0 Å². The molecule has 2 heterocycles. The number of hydrogen-bond acceptors (Lipinski definition) is 5. The fraction of sp³-hybridized carbons (Fsp3) is 0.526. The summed E-state index contributed by atoms with van der Waals surface area (Å²) < 4.78 is 5.29. The van der Waals surface area contributed by atoms with Gasteiger partial charge in [-0.2, -0.15) is 4.98 Å². The van der Waals surface area contributed by atoms with Crippen molar-refractivity contribution >= 4 is 5.91 Å². The lowest BCUT2D eigenvalue weighted by Gasteiger charge is -2.38. The Morgan fingerprint density at radius 1 is 1.36 bits per heavy atom. The first-order chi connectivity index (χ1) is 12.1. The Kier molecular flexibility index (Phi) is 5.48. The average molecular weight is 342 g/mol. The maximum Gasteiger partial charge on any atom is 0.257 e. The lowest BCUT2D eigenvalue weighted by molar-refractivity contribution is -0.133. The largest absolute Gasteiger partial charge is 0.355 e. The van der Waals surface area contributed by atoms with E-state index in [1.165, 1.54) is 0 Å². The molecule has 0 spiro atoms. The first kappa shape index (κ1) is 17.6. The quantitative estimate of drug-likeness (QED) is 0.873. The predicted octanol–water partition coefficient (Wildman–Crippen LogP) is 2.52. The van der Waals surface area contributed by atoms with Gasteiger partial charge in [-0.15, -0.1) is 0 Å². The summed E-state index contributed by atoms with van der Waals surface area (Å²) in [5.41, 5.74) is 0.598. The van der Waals surface area contributed by atoms with Crippen LogP contribution in [0.2, 0.25) is 0 Å². The van der Waals surface area contributed by atoms with E-state index in [9.17, 15) is 4.79 Å². The van der Waals surface area contributed by atoms with Gasteiger partial charge in [-0.05, 0) is 45.0 Å². The minimum absolute atomic E-state index is 0.123. The fourth-order valence-electron chi connectivity index (χ4n) is 3.35. The summed E-state index contributed by atoms with van der Waals surface area (Å²) in [4.78, 5) is 19.3. The Morgan fingerprint density at radius 2 is 2.16 bits per heavy atom. The number of carbonyl (C=O) groups is 1. The van der Waals surface area contributed by atoms with Crippen LogP contribution in [0.5, 0.6) is 0 Å². The molecule has 6 nitrogen and oxygen atoms in total. The van der Waals surface area contributed by atoms with Crippen LogP contribution in [0.1, 0.15) is 32.5 Å². The van der Waals surface area contributed by atoms with Crippen molar-refractivity contribution in [2.75, 3.05) is 26.2 Å². The smallest absolute Gasteiger partial charge is 0.257 e. The van der Waals surface area contributed by atoms with Crippen LogP contribution >= 0.6 is 0 Å². The highest BCUT2D eigenvalue weighted by atomic mass is 16.5. The van der Waals surface area contributed by atoms with E-state index in [0.717, 1.165) is 38.0 Å². The molecule has 1 amide bonds. The number of hydrogen-bond donors (Lipinski definition) is 1. The standard InChI is InChI=1S/C19H26N4O2/c1-3-23-13-7-11-19(2,14-23)18(24)20-12-10-16-21-17(25-22-16)15-8-5-4-6-9-15/h4-6,8-9H,3,7,10-14H2,1-2H3,(H,20,24)/t19-/m0/s1. The molecular weight excluding hydrogens is 316 g/mol. The molecule has 6 heteroatoms. The molecule has 0 bridgehead atoms. The van der Waals surface area contributed by atoms with Gasteiger partial charge in [0.25, 0.3) is 5.89 Å². The summed E-state index contributed by atoms with van der Waals surface area (Å²) in [6.07, 6.45) is 2.58. The molecule has 1 fully saturated rings. The number of carbonyl (C=O) groups excluding carboxylic acids is 1. The monoisotopic (exact) mass is 342 g/mol. The molecule has 1 aromatic carbocycles. The summed E-state index contributed by atoms with van der Waals surface area (Å²) >= 11 is 0. The Balaban J connectivity index is 1.51. The summed E-state index contributed by atoms with van der Waals surface area (Å²) in [6.45, 7) is 7.64. The molecule has 2 aromatic rings. The second kappa shape index (κ2) is 7.78. The first-order valence-electron chi connectivity index (χ1n) is 8.99. The van der Waals surface area contributed by atoms with Gasteiger partial charge in [0.1, 0.15) is 0 Å². The highest BCUT2D eigenvalue weighted by molar-refractivity contribution is 5.82. The van der Waals surface area contributed by atoms with Crippen molar-refractivity contribution < 1.29 is 9.32 Å². The van der Waals surface area contributed by atoms with E-state index in [0.29, 0.717) is 24.7 Å². The van der Waals surface area contributed by atoms with E-state index in [1.807, 2.05) is 30.3 Å². The zero-order valence-electron chi connectivity index (χ0n) is 15.0. The fourth-order valence-corrected chi connectivity index (χ4v) is 3.35. The molecule has 0 unspecified atom stereocenters. The van der Waals surface area contributed by atoms with E-state index in [2.05, 4.69) is 34.2 Å². The molecule has 25 heavy (non-hydrogen) atoms. The normalized spacial score (nSPS) is 21.2. The number of nitrogens with one attached hydrogen (secondary N) is 1. The summed E-state index contributed by atoms with van der Waals surface area (Å²) in [6, 6.07) is 9.68. The number of nitrogens with zero attached hydrogens (tertiary/aromatic N) is 3. The highest BCUT2D eigenvalue weighted by Gasteiger charge is 2.37. The number of amides is 1. The number of rotatable bonds is 6. The van der Waals surface area contributed by atoms with Gasteiger partial charge in [0.05, 0.1) is 5.41 Å². The molecule has 134 valence electrons. The molecule has 1 saturated heterocycles. The number of benzene rings is 1. The van der Waals surface area contributed by atoms with E-state index in [4.69, 9.17) is 4.52 Å². The third kappa shape index (κ3) is 4.25. The average Bonchev–Trinajstić information content (AvgIpc) is 3.11. The Morgan fingerprint density at radius 3 is 2.92 bits per heavy atom. The minimum Gasteiger partial charge on any atom is -0.355 e. The van der Waals surface area contributed by atoms with Gasteiger partial charge in [0, 0.05) is 25.1 Å². The van der Waals surface area contributed by atoms with Gasteiger partial charge in [-0.3, -0.25) is 4.79 Å².